The Hall–Kier alpha value is -3.50. The first-order chi connectivity index (χ1) is 17.8. The van der Waals surface area contributed by atoms with Crippen molar-refractivity contribution < 1.29 is 18.6 Å². The van der Waals surface area contributed by atoms with E-state index < -0.39 is 17.2 Å². The number of hydrogen-bond acceptors (Lipinski definition) is 6. The Morgan fingerprint density at radius 2 is 1.66 bits per heavy atom. The second-order valence-electron chi connectivity index (χ2n) is 9.73. The van der Waals surface area contributed by atoms with Crippen LogP contribution in [0, 0.1) is 39.3 Å². The summed E-state index contributed by atoms with van der Waals surface area (Å²) in [6.07, 6.45) is 3.28. The first-order valence-corrected chi connectivity index (χ1v) is 12.6. The first-order valence-electron chi connectivity index (χ1n) is 11.8. The van der Waals surface area contributed by atoms with Crippen LogP contribution in [0.1, 0.15) is 47.6 Å². The summed E-state index contributed by atoms with van der Waals surface area (Å²) in [6.45, 7) is 10.0. The number of aromatic nitrogens is 4. The highest BCUT2D eigenvalue weighted by atomic mass is 79.9. The van der Waals surface area contributed by atoms with Gasteiger partial charge in [0.2, 0.25) is 0 Å². The highest BCUT2D eigenvalue weighted by Gasteiger charge is 2.22. The molecule has 0 fully saturated rings. The molecular formula is C28H27BrF2N4O3. The van der Waals surface area contributed by atoms with Crippen molar-refractivity contribution in [3.05, 3.63) is 96.9 Å². The molecule has 1 N–H and O–H groups in total. The molecule has 0 aliphatic rings. The summed E-state index contributed by atoms with van der Waals surface area (Å²) >= 11 is 3.34. The zero-order valence-electron chi connectivity index (χ0n) is 21.9. The minimum atomic E-state index is -1.24. The van der Waals surface area contributed by atoms with Crippen LogP contribution in [0.4, 0.5) is 8.78 Å². The summed E-state index contributed by atoms with van der Waals surface area (Å²) in [4.78, 5) is 26.8. The number of pyridine rings is 2. The van der Waals surface area contributed by atoms with E-state index in [0.717, 1.165) is 17.2 Å². The topological polar surface area (TPSA) is 90.1 Å². The number of benzene rings is 1. The summed E-state index contributed by atoms with van der Waals surface area (Å²) in [5.41, 5.74) is 2.59. The van der Waals surface area contributed by atoms with Crippen molar-refractivity contribution in [2.45, 2.75) is 53.8 Å². The number of rotatable bonds is 6. The van der Waals surface area contributed by atoms with Gasteiger partial charge in [-0.2, -0.15) is 0 Å². The van der Waals surface area contributed by atoms with Gasteiger partial charge in [-0.25, -0.2) is 18.7 Å². The van der Waals surface area contributed by atoms with Crippen molar-refractivity contribution in [1.82, 2.24) is 19.5 Å². The molecule has 0 aliphatic heterocycles. The Balaban J connectivity index is 1.75. The predicted octanol–water partition coefficient (Wildman–Crippen LogP) is 5.77. The lowest BCUT2D eigenvalue weighted by Crippen LogP contribution is -2.23. The SMILES string of the molecule is Cc1cc(COc2cc(C)n(-c3cc(-c4nc(C(C)(C)O)ncc4C)ncc3C)c(=O)c2Br)c(F)cc1F. The summed E-state index contributed by atoms with van der Waals surface area (Å²) < 4.78 is 35.2. The molecule has 3 aromatic heterocycles. The van der Waals surface area contributed by atoms with Gasteiger partial charge in [0.1, 0.15) is 34.1 Å². The monoisotopic (exact) mass is 584 g/mol. The standard InChI is InChI=1S/C28H27BrF2N4O3/c1-14-7-18(20(31)9-19(14)30)13-38-23-8-17(4)35(26(36)24(23)29)22-10-21(32-11-15(22)2)25-16(3)12-33-27(34-25)28(5,6)37/h7-12,37H,13H2,1-6H3. The van der Waals surface area contributed by atoms with E-state index in [1.807, 2.05) is 13.8 Å². The van der Waals surface area contributed by atoms with Gasteiger partial charge in [-0.15, -0.1) is 0 Å². The van der Waals surface area contributed by atoms with Gasteiger partial charge in [0.15, 0.2) is 5.82 Å². The lowest BCUT2D eigenvalue weighted by atomic mass is 10.1. The largest absolute Gasteiger partial charge is 0.487 e. The van der Waals surface area contributed by atoms with Crippen LogP contribution >= 0.6 is 15.9 Å². The molecule has 3 heterocycles. The van der Waals surface area contributed by atoms with E-state index in [1.165, 1.54) is 10.6 Å². The second-order valence-corrected chi connectivity index (χ2v) is 10.5. The van der Waals surface area contributed by atoms with Gasteiger partial charge in [-0.05, 0) is 86.3 Å². The van der Waals surface area contributed by atoms with Crippen molar-refractivity contribution in [3.8, 4) is 22.8 Å². The third kappa shape index (κ3) is 5.37. The maximum atomic E-state index is 14.2. The molecule has 4 rings (SSSR count). The first kappa shape index (κ1) is 27.5. The van der Waals surface area contributed by atoms with E-state index in [-0.39, 0.29) is 33.8 Å². The second kappa shape index (κ2) is 10.3. The van der Waals surface area contributed by atoms with E-state index in [2.05, 4.69) is 30.9 Å². The molecule has 1 aromatic carbocycles. The molecule has 0 unspecified atom stereocenters. The van der Waals surface area contributed by atoms with Crippen LogP contribution in [-0.4, -0.2) is 24.6 Å². The van der Waals surface area contributed by atoms with Crippen LogP contribution < -0.4 is 10.3 Å². The van der Waals surface area contributed by atoms with E-state index in [9.17, 15) is 18.7 Å². The van der Waals surface area contributed by atoms with Crippen molar-refractivity contribution in [3.63, 3.8) is 0 Å². The van der Waals surface area contributed by atoms with Gasteiger partial charge in [0, 0.05) is 35.8 Å². The third-order valence-corrected chi connectivity index (χ3v) is 6.82. The van der Waals surface area contributed by atoms with Crippen LogP contribution in [0.25, 0.3) is 17.1 Å². The minimum Gasteiger partial charge on any atom is -0.487 e. The molecule has 0 atom stereocenters. The number of halogens is 3. The van der Waals surface area contributed by atoms with Crippen LogP contribution in [0.5, 0.6) is 5.75 Å². The van der Waals surface area contributed by atoms with Gasteiger partial charge in [0.25, 0.3) is 5.56 Å². The molecule has 38 heavy (non-hydrogen) atoms. The van der Waals surface area contributed by atoms with E-state index in [1.54, 1.807) is 52.2 Å². The smallest absolute Gasteiger partial charge is 0.273 e. The van der Waals surface area contributed by atoms with Crippen LogP contribution in [-0.2, 0) is 12.2 Å². The maximum absolute atomic E-state index is 14.2. The quantitative estimate of drug-likeness (QED) is 0.309. The molecule has 0 bridgehead atoms. The molecule has 0 saturated heterocycles. The zero-order valence-corrected chi connectivity index (χ0v) is 23.4. The number of aliphatic hydroxyl groups is 1. The van der Waals surface area contributed by atoms with Gasteiger partial charge < -0.3 is 9.84 Å². The van der Waals surface area contributed by atoms with Crippen molar-refractivity contribution in [2.75, 3.05) is 0 Å². The lowest BCUT2D eigenvalue weighted by molar-refractivity contribution is 0.0688. The summed E-state index contributed by atoms with van der Waals surface area (Å²) in [6, 6.07) is 5.63. The maximum Gasteiger partial charge on any atom is 0.273 e. The van der Waals surface area contributed by atoms with E-state index in [4.69, 9.17) is 4.74 Å². The average molecular weight is 585 g/mol. The van der Waals surface area contributed by atoms with E-state index >= 15 is 0 Å². The molecule has 0 saturated carbocycles. The number of nitrogens with zero attached hydrogens (tertiary/aromatic N) is 4. The molecule has 0 aliphatic carbocycles. The Morgan fingerprint density at radius 3 is 2.34 bits per heavy atom. The normalized spacial score (nSPS) is 11.6. The minimum absolute atomic E-state index is 0.155. The molecule has 4 aromatic rings. The molecular weight excluding hydrogens is 558 g/mol. The highest BCUT2D eigenvalue weighted by Crippen LogP contribution is 2.29. The van der Waals surface area contributed by atoms with Gasteiger partial charge in [-0.3, -0.25) is 14.3 Å². The Labute approximate surface area is 227 Å². The summed E-state index contributed by atoms with van der Waals surface area (Å²) in [5.74, 6) is -0.862. The van der Waals surface area contributed by atoms with Crippen LogP contribution in [0.15, 0.2) is 45.9 Å². The van der Waals surface area contributed by atoms with Gasteiger partial charge in [0.05, 0.1) is 17.1 Å². The van der Waals surface area contributed by atoms with Crippen molar-refractivity contribution in [1.29, 1.82) is 0 Å². The van der Waals surface area contributed by atoms with Crippen molar-refractivity contribution in [2.24, 2.45) is 0 Å². The van der Waals surface area contributed by atoms with Crippen molar-refractivity contribution >= 4 is 15.9 Å². The fourth-order valence-corrected chi connectivity index (χ4v) is 4.35. The summed E-state index contributed by atoms with van der Waals surface area (Å²) in [7, 11) is 0. The number of hydrogen-bond donors (Lipinski definition) is 1. The molecule has 0 radical (unpaired) electrons. The number of aryl methyl sites for hydroxylation is 4. The molecule has 7 nitrogen and oxygen atoms in total. The predicted molar refractivity (Wildman–Crippen MR) is 143 cm³/mol. The fraction of sp³-hybridized carbons (Fsp3) is 0.286. The Bertz CT molecular complexity index is 1610. The molecule has 0 amide bonds. The summed E-state index contributed by atoms with van der Waals surface area (Å²) in [5, 5.41) is 10.4. The van der Waals surface area contributed by atoms with Gasteiger partial charge >= 0.3 is 0 Å². The fourth-order valence-electron chi connectivity index (χ4n) is 3.95. The highest BCUT2D eigenvalue weighted by molar-refractivity contribution is 9.10. The molecule has 10 heteroatoms. The van der Waals surface area contributed by atoms with E-state index in [0.29, 0.717) is 28.3 Å². The lowest BCUT2D eigenvalue weighted by Gasteiger charge is -2.18. The number of ether oxygens (including phenoxy) is 1. The Morgan fingerprint density at radius 1 is 0.974 bits per heavy atom. The van der Waals surface area contributed by atoms with Gasteiger partial charge in [-0.1, -0.05) is 0 Å². The third-order valence-electron chi connectivity index (χ3n) is 6.09. The molecule has 198 valence electrons. The van der Waals surface area contributed by atoms with Crippen LogP contribution in [0.2, 0.25) is 0 Å². The molecule has 0 spiro atoms. The Kier molecular flexibility index (Phi) is 7.49. The zero-order chi connectivity index (χ0) is 27.9. The average Bonchev–Trinajstić information content (AvgIpc) is 2.84. The van der Waals surface area contributed by atoms with Crippen LogP contribution in [0.3, 0.4) is 0 Å².